The van der Waals surface area contributed by atoms with Gasteiger partial charge < -0.3 is 41.7 Å². The highest BCUT2D eigenvalue weighted by molar-refractivity contribution is 5.94. The van der Waals surface area contributed by atoms with Gasteiger partial charge in [0.15, 0.2) is 0 Å². The summed E-state index contributed by atoms with van der Waals surface area (Å²) in [5.74, 6) is 3.70. The van der Waals surface area contributed by atoms with E-state index in [2.05, 4.69) is 43.7 Å². The smallest absolute Gasteiger partial charge is 0.246 e. The van der Waals surface area contributed by atoms with Gasteiger partial charge in [0.25, 0.3) is 0 Å². The van der Waals surface area contributed by atoms with Crippen molar-refractivity contribution in [2.24, 2.45) is 0 Å². The van der Waals surface area contributed by atoms with E-state index in [4.69, 9.17) is 0 Å². The summed E-state index contributed by atoms with van der Waals surface area (Å²) in [6, 6.07) is 14.3. The molecule has 2 aromatic rings. The lowest BCUT2D eigenvalue weighted by Crippen LogP contribution is -2.55. The van der Waals surface area contributed by atoms with Crippen LogP contribution in [0.4, 0.5) is 0 Å². The summed E-state index contributed by atoms with van der Waals surface area (Å²) in [7, 11) is 3.26. The molecule has 2 saturated heterocycles. The van der Waals surface area contributed by atoms with Gasteiger partial charge in [-0.1, -0.05) is 60.7 Å². The lowest BCUT2D eigenvalue weighted by atomic mass is 10.1. The fourth-order valence-electron chi connectivity index (χ4n) is 6.42. The van der Waals surface area contributed by atoms with Crippen molar-refractivity contribution in [3.63, 3.8) is 0 Å². The highest BCUT2D eigenvalue weighted by Crippen LogP contribution is 2.21. The second-order valence-electron chi connectivity index (χ2n) is 13.7. The zero-order valence-corrected chi connectivity index (χ0v) is 31.7. The molecule has 0 aliphatic carbocycles. The van der Waals surface area contributed by atoms with Crippen LogP contribution in [-0.2, 0) is 41.9 Å². The van der Waals surface area contributed by atoms with Crippen LogP contribution >= 0.6 is 0 Å². The maximum absolute atomic E-state index is 14.0. The van der Waals surface area contributed by atoms with Gasteiger partial charge in [-0.2, -0.15) is 0 Å². The monoisotopic (exact) mass is 742 g/mol. The third-order valence-corrected chi connectivity index (χ3v) is 9.92. The molecule has 0 aromatic heterocycles. The first kappa shape index (κ1) is 41.5. The normalized spacial score (nSPS) is 18.7. The van der Waals surface area contributed by atoms with E-state index in [1.807, 2.05) is 60.7 Å². The Morgan fingerprint density at radius 2 is 1.00 bits per heavy atom. The number of carbonyl (C=O) groups excluding carboxylic acids is 6. The molecule has 0 saturated carbocycles. The van der Waals surface area contributed by atoms with Crippen LogP contribution < -0.4 is 31.9 Å². The van der Waals surface area contributed by atoms with E-state index in [-0.39, 0.29) is 24.7 Å². The largest absolute Gasteiger partial charge is 0.350 e. The molecule has 2 aromatic carbocycles. The van der Waals surface area contributed by atoms with Crippen molar-refractivity contribution in [2.45, 2.75) is 102 Å². The van der Waals surface area contributed by atoms with Crippen molar-refractivity contribution in [2.75, 3.05) is 27.2 Å². The van der Waals surface area contributed by atoms with E-state index in [1.54, 1.807) is 27.9 Å². The van der Waals surface area contributed by atoms with E-state index in [0.29, 0.717) is 51.9 Å². The third kappa shape index (κ3) is 11.6. The molecule has 6 amide bonds. The van der Waals surface area contributed by atoms with E-state index in [9.17, 15) is 28.8 Å². The minimum absolute atomic E-state index is 0.0914. The van der Waals surface area contributed by atoms with Crippen molar-refractivity contribution in [3.05, 3.63) is 71.8 Å². The van der Waals surface area contributed by atoms with Crippen LogP contribution in [0.15, 0.2) is 60.7 Å². The van der Waals surface area contributed by atoms with Crippen molar-refractivity contribution < 1.29 is 28.8 Å². The third-order valence-electron chi connectivity index (χ3n) is 9.92. The zero-order chi connectivity index (χ0) is 39.0. The number of rotatable bonds is 16. The average molecular weight is 743 g/mol. The number of hydrogen-bond donors (Lipinski definition) is 6. The minimum Gasteiger partial charge on any atom is -0.350 e. The summed E-state index contributed by atoms with van der Waals surface area (Å²) in [5.41, 5.74) is 1.87. The quantitative estimate of drug-likeness (QED) is 0.135. The van der Waals surface area contributed by atoms with Gasteiger partial charge in [0, 0.05) is 39.0 Å². The lowest BCUT2D eigenvalue weighted by Gasteiger charge is -2.29. The van der Waals surface area contributed by atoms with Gasteiger partial charge >= 0.3 is 0 Å². The van der Waals surface area contributed by atoms with Gasteiger partial charge in [-0.3, -0.25) is 28.8 Å². The molecule has 0 bridgehead atoms. The first-order valence-electron chi connectivity index (χ1n) is 18.7. The van der Waals surface area contributed by atoms with E-state index in [1.165, 1.54) is 9.80 Å². The maximum Gasteiger partial charge on any atom is 0.246 e. The molecule has 0 unspecified atom stereocenters. The predicted molar refractivity (Wildman–Crippen MR) is 204 cm³/mol. The van der Waals surface area contributed by atoms with Gasteiger partial charge in [0.1, 0.15) is 24.2 Å². The summed E-state index contributed by atoms with van der Waals surface area (Å²) in [6.07, 6.45) is 2.05. The molecular weight excluding hydrogens is 688 g/mol. The highest BCUT2D eigenvalue weighted by Gasteiger charge is 2.39. The first-order valence-corrected chi connectivity index (χ1v) is 18.7. The van der Waals surface area contributed by atoms with Gasteiger partial charge in [0.05, 0.1) is 12.1 Å². The molecule has 4 rings (SSSR count). The standard InChI is InChI=1S/C40H54N8O6/c1-27(41-3)35(49)45-31(39(53)47-23-13-21-33(47)37(51)43-25-29-15-7-5-8-16-29)19-11-12-20-32(46-36(50)28(2)42-4)40(54)48-24-14-22-34(48)38(52)44-26-30-17-9-6-10-18-30/h5-10,15-18,27-28,31-34,41-42H,13-14,19-26H2,1-4H3,(H,43,51)(H,44,52)(H,45,49)(H,46,50)/t27-,28-,31-,32-,33-,34-/m0/s1. The van der Waals surface area contributed by atoms with Crippen LogP contribution in [0.3, 0.4) is 0 Å². The molecule has 6 N–H and O–H groups in total. The van der Waals surface area contributed by atoms with Crippen LogP contribution in [0.5, 0.6) is 0 Å². The Hall–Kier alpha value is -5.26. The molecule has 14 heteroatoms. The number of hydrogen-bond acceptors (Lipinski definition) is 8. The lowest BCUT2D eigenvalue weighted by molar-refractivity contribution is -0.141. The van der Waals surface area contributed by atoms with E-state index in [0.717, 1.165) is 11.1 Å². The van der Waals surface area contributed by atoms with Crippen LogP contribution in [-0.4, -0.2) is 109 Å². The Bertz CT molecular complexity index is 1540. The number of nitrogens with one attached hydrogen (secondary N) is 6. The van der Waals surface area contributed by atoms with Crippen LogP contribution in [0.1, 0.15) is 63.5 Å². The van der Waals surface area contributed by atoms with Crippen molar-refractivity contribution in [1.29, 1.82) is 0 Å². The van der Waals surface area contributed by atoms with Crippen LogP contribution in [0.25, 0.3) is 0 Å². The summed E-state index contributed by atoms with van der Waals surface area (Å²) in [5, 5.41) is 17.2. The van der Waals surface area contributed by atoms with Gasteiger partial charge in [0.2, 0.25) is 35.4 Å². The molecule has 54 heavy (non-hydrogen) atoms. The number of carbonyl (C=O) groups is 6. The Balaban J connectivity index is 1.47. The summed E-state index contributed by atoms with van der Waals surface area (Å²) < 4.78 is 0. The Morgan fingerprint density at radius 3 is 1.35 bits per heavy atom. The molecule has 0 radical (unpaired) electrons. The predicted octanol–water partition coefficient (Wildman–Crippen LogP) is 0.570. The van der Waals surface area contributed by atoms with Gasteiger partial charge in [-0.05, 0) is 64.8 Å². The second kappa shape index (κ2) is 20.8. The maximum atomic E-state index is 14.0. The summed E-state index contributed by atoms with van der Waals surface area (Å²) >= 11 is 0. The Labute approximate surface area is 317 Å². The van der Waals surface area contributed by atoms with Gasteiger partial charge in [-0.25, -0.2) is 0 Å². The molecule has 0 spiro atoms. The molecule has 2 aliphatic rings. The number of likely N-dealkylation sites (tertiary alicyclic amines) is 2. The van der Waals surface area contributed by atoms with Crippen molar-refractivity contribution in [1.82, 2.24) is 41.7 Å². The van der Waals surface area contributed by atoms with E-state index >= 15 is 0 Å². The number of nitrogens with zero attached hydrogens (tertiary/aromatic N) is 2. The fraction of sp³-hybridized carbons (Fsp3) is 0.500. The summed E-state index contributed by atoms with van der Waals surface area (Å²) in [6.45, 7) is 4.68. The molecule has 2 aliphatic heterocycles. The number of benzene rings is 2. The minimum atomic E-state index is -1.06. The number of likely N-dealkylation sites (N-methyl/N-ethyl adjacent to an activating group) is 2. The molecule has 2 heterocycles. The van der Waals surface area contributed by atoms with E-state index < -0.39 is 59.9 Å². The second-order valence-corrected chi connectivity index (χ2v) is 13.7. The SMILES string of the molecule is CN[C@@H](C)C(=O)N[C@@H](CC#CC[C@H](NC(=O)[C@H](C)NC)C(=O)N1CCC[C@H]1C(=O)NCc1ccccc1)C(=O)N1CCC[C@H]1C(=O)NCc1ccccc1. The Kier molecular flexibility index (Phi) is 16.0. The van der Waals surface area contributed by atoms with Gasteiger partial charge in [-0.15, -0.1) is 11.8 Å². The van der Waals surface area contributed by atoms with Crippen LogP contribution in [0.2, 0.25) is 0 Å². The molecule has 14 nitrogen and oxygen atoms in total. The summed E-state index contributed by atoms with van der Waals surface area (Å²) in [4.78, 5) is 83.4. The topological polar surface area (TPSA) is 181 Å². The average Bonchev–Trinajstić information content (AvgIpc) is 3.90. The van der Waals surface area contributed by atoms with Crippen LogP contribution in [0, 0.1) is 11.8 Å². The van der Waals surface area contributed by atoms with Crippen molar-refractivity contribution >= 4 is 35.4 Å². The number of amides is 6. The van der Waals surface area contributed by atoms with Crippen molar-refractivity contribution in [3.8, 4) is 11.8 Å². The fourth-order valence-corrected chi connectivity index (χ4v) is 6.42. The molecule has 2 fully saturated rings. The first-order chi connectivity index (χ1) is 26.0. The molecule has 6 atom stereocenters. The Morgan fingerprint density at radius 1 is 0.630 bits per heavy atom. The molecular formula is C40H54N8O6. The molecule has 290 valence electrons. The highest BCUT2D eigenvalue weighted by atomic mass is 16.2. The zero-order valence-electron chi connectivity index (χ0n) is 31.7.